The Kier molecular flexibility index (Phi) is 5.14. The third-order valence-electron chi connectivity index (χ3n) is 2.51. The maximum Gasteiger partial charge on any atom is 0.0888 e. The first-order valence-corrected chi connectivity index (χ1v) is 8.25. The molecule has 1 atom stereocenters. The summed E-state index contributed by atoms with van der Waals surface area (Å²) in [6.45, 7) is 0. The predicted octanol–water partition coefficient (Wildman–Crippen LogP) is 5.89. The van der Waals surface area contributed by atoms with Gasteiger partial charge < -0.3 is 5.32 Å². The summed E-state index contributed by atoms with van der Waals surface area (Å²) in [5.41, 5.74) is 1.14. The van der Waals surface area contributed by atoms with Crippen molar-refractivity contribution in [1.29, 1.82) is 0 Å². The molecule has 6 heteroatoms. The van der Waals surface area contributed by atoms with E-state index in [1.165, 1.54) is 0 Å². The molecule has 1 N–H and O–H groups in total. The molecule has 96 valence electrons. The van der Waals surface area contributed by atoms with Gasteiger partial charge in [-0.3, -0.25) is 0 Å². The Morgan fingerprint density at radius 2 is 1.89 bits per heavy atom. The topological polar surface area (TPSA) is 12.0 Å². The zero-order valence-corrected chi connectivity index (χ0v) is 14.8. The SMILES string of the molecule is CNC(c1ccc(Cl)c(Br)c1)c1cc(Cl)c(Br)s1. The van der Waals surface area contributed by atoms with Crippen molar-refractivity contribution >= 4 is 66.4 Å². The molecule has 0 radical (unpaired) electrons. The molecule has 0 aliphatic carbocycles. The van der Waals surface area contributed by atoms with Crippen molar-refractivity contribution in [2.75, 3.05) is 7.05 Å². The zero-order valence-electron chi connectivity index (χ0n) is 9.31. The molecule has 1 nitrogen and oxygen atoms in total. The minimum absolute atomic E-state index is 0.104. The highest BCUT2D eigenvalue weighted by atomic mass is 79.9. The van der Waals surface area contributed by atoms with Gasteiger partial charge >= 0.3 is 0 Å². The molecule has 0 saturated heterocycles. The molecule has 0 bridgehead atoms. The molecule has 0 amide bonds. The number of halogens is 4. The fourth-order valence-electron chi connectivity index (χ4n) is 1.67. The van der Waals surface area contributed by atoms with E-state index in [-0.39, 0.29) is 6.04 Å². The molecule has 1 unspecified atom stereocenters. The molecule has 2 aromatic rings. The predicted molar refractivity (Wildman–Crippen MR) is 87.1 cm³/mol. The van der Waals surface area contributed by atoms with Crippen molar-refractivity contribution in [2.24, 2.45) is 0 Å². The second kappa shape index (κ2) is 6.25. The number of hydrogen-bond donors (Lipinski definition) is 1. The summed E-state index contributed by atoms with van der Waals surface area (Å²) in [5.74, 6) is 0. The Morgan fingerprint density at radius 1 is 1.17 bits per heavy atom. The van der Waals surface area contributed by atoms with Crippen LogP contribution in [0.3, 0.4) is 0 Å². The average Bonchev–Trinajstić information content (AvgIpc) is 2.65. The average molecular weight is 430 g/mol. The largest absolute Gasteiger partial charge is 0.309 e. The van der Waals surface area contributed by atoms with E-state index < -0.39 is 0 Å². The van der Waals surface area contributed by atoms with E-state index in [4.69, 9.17) is 23.2 Å². The van der Waals surface area contributed by atoms with E-state index in [9.17, 15) is 0 Å². The molecular weight excluding hydrogens is 421 g/mol. The van der Waals surface area contributed by atoms with Crippen LogP contribution in [0.4, 0.5) is 0 Å². The number of hydrogen-bond acceptors (Lipinski definition) is 2. The quantitative estimate of drug-likeness (QED) is 0.641. The monoisotopic (exact) mass is 427 g/mol. The highest BCUT2D eigenvalue weighted by Crippen LogP contribution is 2.38. The van der Waals surface area contributed by atoms with Gasteiger partial charge in [-0.2, -0.15) is 0 Å². The summed E-state index contributed by atoms with van der Waals surface area (Å²) in [7, 11) is 1.93. The van der Waals surface area contributed by atoms with E-state index in [0.29, 0.717) is 5.02 Å². The molecule has 0 fully saturated rings. The van der Waals surface area contributed by atoms with Crippen LogP contribution in [0.25, 0.3) is 0 Å². The summed E-state index contributed by atoms with van der Waals surface area (Å²) in [4.78, 5) is 1.16. The Labute approximate surface area is 137 Å². The maximum atomic E-state index is 6.08. The minimum Gasteiger partial charge on any atom is -0.309 e. The van der Waals surface area contributed by atoms with Crippen molar-refractivity contribution in [2.45, 2.75) is 6.04 Å². The molecule has 1 heterocycles. The van der Waals surface area contributed by atoms with Gasteiger partial charge in [-0.25, -0.2) is 0 Å². The van der Waals surface area contributed by atoms with Gasteiger partial charge in [0.1, 0.15) is 0 Å². The van der Waals surface area contributed by atoms with Crippen molar-refractivity contribution in [1.82, 2.24) is 5.32 Å². The molecular formula is C12H9Br2Cl2NS. The van der Waals surface area contributed by atoms with Crippen LogP contribution in [0.15, 0.2) is 32.5 Å². The maximum absolute atomic E-state index is 6.08. The third-order valence-corrected chi connectivity index (χ3v) is 6.27. The first kappa shape index (κ1) is 14.8. The fourth-order valence-corrected chi connectivity index (χ4v) is 4.07. The normalized spacial score (nSPS) is 12.7. The van der Waals surface area contributed by atoms with E-state index in [1.54, 1.807) is 11.3 Å². The highest BCUT2D eigenvalue weighted by Gasteiger charge is 2.17. The van der Waals surface area contributed by atoms with Crippen LogP contribution in [0.2, 0.25) is 10.0 Å². The third kappa shape index (κ3) is 3.11. The Bertz CT molecular complexity index is 552. The Morgan fingerprint density at radius 3 is 2.39 bits per heavy atom. The number of thiophene rings is 1. The smallest absolute Gasteiger partial charge is 0.0888 e. The van der Waals surface area contributed by atoms with E-state index >= 15 is 0 Å². The standard InChI is InChI=1S/C12H9Br2Cl2NS/c1-17-11(10-5-9(16)12(14)18-10)6-2-3-8(15)7(13)4-6/h2-5,11,17H,1H3. The van der Waals surface area contributed by atoms with Gasteiger partial charge in [0.15, 0.2) is 0 Å². The lowest BCUT2D eigenvalue weighted by Crippen LogP contribution is -2.16. The van der Waals surface area contributed by atoms with Crippen LogP contribution in [-0.2, 0) is 0 Å². The van der Waals surface area contributed by atoms with Gasteiger partial charge in [0.2, 0.25) is 0 Å². The highest BCUT2D eigenvalue weighted by molar-refractivity contribution is 9.11. The molecule has 0 saturated carbocycles. The molecule has 0 aliphatic rings. The number of benzene rings is 1. The van der Waals surface area contributed by atoms with Crippen LogP contribution in [0, 0.1) is 0 Å². The molecule has 0 aliphatic heterocycles. The van der Waals surface area contributed by atoms with Crippen molar-refractivity contribution in [3.63, 3.8) is 0 Å². The van der Waals surface area contributed by atoms with Gasteiger partial charge in [0, 0.05) is 9.35 Å². The Hall–Kier alpha value is 0.420. The first-order valence-electron chi connectivity index (χ1n) is 5.10. The fraction of sp³-hybridized carbons (Fsp3) is 0.167. The summed E-state index contributed by atoms with van der Waals surface area (Å²) in [6.07, 6.45) is 0. The van der Waals surface area contributed by atoms with Crippen molar-refractivity contribution in [3.8, 4) is 0 Å². The van der Waals surface area contributed by atoms with Gasteiger partial charge in [-0.1, -0.05) is 29.3 Å². The second-order valence-corrected chi connectivity index (χ2v) is 7.74. The summed E-state index contributed by atoms with van der Waals surface area (Å²) < 4.78 is 1.84. The van der Waals surface area contributed by atoms with Gasteiger partial charge in [0.25, 0.3) is 0 Å². The van der Waals surface area contributed by atoms with Gasteiger partial charge in [-0.05, 0) is 62.7 Å². The van der Waals surface area contributed by atoms with Crippen LogP contribution in [0.1, 0.15) is 16.5 Å². The minimum atomic E-state index is 0.104. The van der Waals surface area contributed by atoms with Gasteiger partial charge in [0.05, 0.1) is 19.9 Å². The lowest BCUT2D eigenvalue weighted by Gasteiger charge is -2.15. The summed E-state index contributed by atoms with van der Waals surface area (Å²) in [5, 5.41) is 4.74. The first-order chi connectivity index (χ1) is 8.52. The lowest BCUT2D eigenvalue weighted by molar-refractivity contribution is 0.703. The molecule has 18 heavy (non-hydrogen) atoms. The van der Waals surface area contributed by atoms with E-state index in [1.807, 2.05) is 31.3 Å². The van der Waals surface area contributed by atoms with Crippen molar-refractivity contribution in [3.05, 3.63) is 53.0 Å². The molecule has 1 aromatic heterocycles. The zero-order chi connectivity index (χ0) is 13.3. The molecule has 1 aromatic carbocycles. The van der Waals surface area contributed by atoms with Gasteiger partial charge in [-0.15, -0.1) is 11.3 Å². The van der Waals surface area contributed by atoms with Crippen LogP contribution < -0.4 is 5.32 Å². The number of rotatable bonds is 3. The summed E-state index contributed by atoms with van der Waals surface area (Å²) >= 11 is 20.6. The van der Waals surface area contributed by atoms with E-state index in [2.05, 4.69) is 37.2 Å². The molecule has 2 rings (SSSR count). The lowest BCUT2D eigenvalue weighted by atomic mass is 10.1. The van der Waals surface area contributed by atoms with E-state index in [0.717, 1.165) is 23.7 Å². The number of nitrogens with one attached hydrogen (secondary N) is 1. The van der Waals surface area contributed by atoms with Crippen molar-refractivity contribution < 1.29 is 0 Å². The second-order valence-electron chi connectivity index (χ2n) is 3.67. The summed E-state index contributed by atoms with van der Waals surface area (Å²) in [6, 6.07) is 7.99. The Balaban J connectivity index is 2.41. The van der Waals surface area contributed by atoms with Crippen LogP contribution in [-0.4, -0.2) is 7.05 Å². The van der Waals surface area contributed by atoms with Crippen LogP contribution in [0.5, 0.6) is 0 Å². The molecule has 0 spiro atoms. The van der Waals surface area contributed by atoms with Crippen LogP contribution >= 0.6 is 66.4 Å².